The summed E-state index contributed by atoms with van der Waals surface area (Å²) in [6.07, 6.45) is 3.57. The Bertz CT molecular complexity index is 1030. The smallest absolute Gasteiger partial charge is 0.256 e. The number of amides is 2. The highest BCUT2D eigenvalue weighted by Crippen LogP contribution is 2.35. The molecule has 1 aromatic heterocycles. The van der Waals surface area contributed by atoms with Crippen molar-refractivity contribution in [3.8, 4) is 0 Å². The molecule has 0 radical (unpaired) electrons. The number of hydrogen-bond acceptors (Lipinski definition) is 3. The predicted octanol–water partition coefficient (Wildman–Crippen LogP) is 2.76. The standard InChI is InChI=1S/C22H25FN4O2/c1-12-19(11-17-16-10-14(23)4-5-18(16)26-21(17)28)27(3)13(2)20(12)22(29)25-15-6-8-24-9-7-15/h4-5,10-11,15,24H,6-9H2,1-3H3,(H,25,29)(H,26,28)/b17-11-. The van der Waals surface area contributed by atoms with E-state index in [2.05, 4.69) is 16.0 Å². The molecule has 152 valence electrons. The fourth-order valence-electron chi connectivity index (χ4n) is 4.20. The molecule has 3 heterocycles. The Morgan fingerprint density at radius 3 is 2.72 bits per heavy atom. The van der Waals surface area contributed by atoms with Gasteiger partial charge in [-0.25, -0.2) is 4.39 Å². The van der Waals surface area contributed by atoms with Crippen molar-refractivity contribution in [2.75, 3.05) is 18.4 Å². The van der Waals surface area contributed by atoms with Gasteiger partial charge in [0.2, 0.25) is 0 Å². The fraction of sp³-hybridized carbons (Fsp3) is 0.364. The van der Waals surface area contributed by atoms with Gasteiger partial charge in [-0.2, -0.15) is 0 Å². The van der Waals surface area contributed by atoms with Crippen LogP contribution in [0.4, 0.5) is 10.1 Å². The van der Waals surface area contributed by atoms with Crippen LogP contribution in [0.3, 0.4) is 0 Å². The third-order valence-electron chi connectivity index (χ3n) is 5.93. The molecule has 7 heteroatoms. The second kappa shape index (κ2) is 7.48. The first-order valence-corrected chi connectivity index (χ1v) is 9.87. The number of anilines is 1. The van der Waals surface area contributed by atoms with Crippen LogP contribution in [0.15, 0.2) is 18.2 Å². The molecule has 0 saturated carbocycles. The van der Waals surface area contributed by atoms with E-state index in [0.717, 1.165) is 42.9 Å². The molecule has 0 bridgehead atoms. The monoisotopic (exact) mass is 396 g/mol. The molecule has 0 spiro atoms. The van der Waals surface area contributed by atoms with E-state index in [1.807, 2.05) is 25.5 Å². The second-order valence-corrected chi connectivity index (χ2v) is 7.73. The maximum absolute atomic E-state index is 13.7. The summed E-state index contributed by atoms with van der Waals surface area (Å²) in [5.41, 5.74) is 4.56. The first-order valence-electron chi connectivity index (χ1n) is 9.87. The number of aromatic nitrogens is 1. The Labute approximate surface area is 169 Å². The van der Waals surface area contributed by atoms with E-state index in [0.29, 0.717) is 22.4 Å². The van der Waals surface area contributed by atoms with Gasteiger partial charge in [-0.1, -0.05) is 0 Å². The lowest BCUT2D eigenvalue weighted by atomic mass is 10.0. The van der Waals surface area contributed by atoms with Gasteiger partial charge in [0.1, 0.15) is 5.82 Å². The van der Waals surface area contributed by atoms with Gasteiger partial charge >= 0.3 is 0 Å². The maximum atomic E-state index is 13.7. The van der Waals surface area contributed by atoms with Crippen LogP contribution in [0.1, 0.15) is 45.7 Å². The average molecular weight is 396 g/mol. The number of rotatable bonds is 3. The van der Waals surface area contributed by atoms with Gasteiger partial charge in [0.25, 0.3) is 11.8 Å². The predicted molar refractivity (Wildman–Crippen MR) is 111 cm³/mol. The van der Waals surface area contributed by atoms with Gasteiger partial charge in [0.15, 0.2) is 0 Å². The zero-order chi connectivity index (χ0) is 20.7. The highest BCUT2D eigenvalue weighted by atomic mass is 19.1. The Balaban J connectivity index is 1.70. The van der Waals surface area contributed by atoms with Gasteiger partial charge in [-0.3, -0.25) is 9.59 Å². The number of hydrogen-bond donors (Lipinski definition) is 3. The lowest BCUT2D eigenvalue weighted by Gasteiger charge is -2.23. The molecule has 2 aliphatic heterocycles. The van der Waals surface area contributed by atoms with E-state index in [9.17, 15) is 14.0 Å². The molecule has 2 aliphatic rings. The van der Waals surface area contributed by atoms with E-state index in [1.54, 1.807) is 12.1 Å². The van der Waals surface area contributed by atoms with Crippen LogP contribution in [0.5, 0.6) is 0 Å². The topological polar surface area (TPSA) is 75.2 Å². The molecular weight excluding hydrogens is 371 g/mol. The molecule has 4 rings (SSSR count). The molecule has 1 aromatic carbocycles. The number of nitrogens with zero attached hydrogens (tertiary/aromatic N) is 1. The number of nitrogens with one attached hydrogen (secondary N) is 3. The quantitative estimate of drug-likeness (QED) is 0.699. The molecule has 1 fully saturated rings. The molecule has 3 N–H and O–H groups in total. The largest absolute Gasteiger partial charge is 0.349 e. The minimum Gasteiger partial charge on any atom is -0.349 e. The lowest BCUT2D eigenvalue weighted by molar-refractivity contribution is -0.110. The minimum absolute atomic E-state index is 0.0885. The third kappa shape index (κ3) is 3.46. The van der Waals surface area contributed by atoms with Crippen molar-refractivity contribution in [3.63, 3.8) is 0 Å². The molecule has 0 atom stereocenters. The molecule has 0 unspecified atom stereocenters. The summed E-state index contributed by atoms with van der Waals surface area (Å²) in [7, 11) is 1.87. The molecule has 2 amide bonds. The zero-order valence-corrected chi connectivity index (χ0v) is 16.9. The molecule has 0 aliphatic carbocycles. The summed E-state index contributed by atoms with van der Waals surface area (Å²) in [6.45, 7) is 5.59. The normalized spacial score (nSPS) is 18.1. The van der Waals surface area contributed by atoms with Gasteiger partial charge in [-0.15, -0.1) is 0 Å². The van der Waals surface area contributed by atoms with Crippen LogP contribution in [0, 0.1) is 19.7 Å². The van der Waals surface area contributed by atoms with Crippen molar-refractivity contribution < 1.29 is 14.0 Å². The Morgan fingerprint density at radius 1 is 1.28 bits per heavy atom. The van der Waals surface area contributed by atoms with Crippen LogP contribution in [0.25, 0.3) is 11.6 Å². The summed E-state index contributed by atoms with van der Waals surface area (Å²) in [4.78, 5) is 25.4. The summed E-state index contributed by atoms with van der Waals surface area (Å²) in [6, 6.07) is 4.41. The van der Waals surface area contributed by atoms with E-state index < -0.39 is 5.82 Å². The number of halogens is 1. The number of piperidine rings is 1. The van der Waals surface area contributed by atoms with E-state index in [1.165, 1.54) is 12.1 Å². The summed E-state index contributed by atoms with van der Waals surface area (Å²) in [5, 5.41) is 9.20. The van der Waals surface area contributed by atoms with Crippen LogP contribution in [-0.2, 0) is 11.8 Å². The molecule has 2 aromatic rings. The van der Waals surface area contributed by atoms with E-state index >= 15 is 0 Å². The van der Waals surface area contributed by atoms with Crippen LogP contribution in [0.2, 0.25) is 0 Å². The lowest BCUT2D eigenvalue weighted by Crippen LogP contribution is -2.43. The van der Waals surface area contributed by atoms with Crippen molar-refractivity contribution in [1.82, 2.24) is 15.2 Å². The molecular formula is C22H25FN4O2. The number of carbonyl (C=O) groups excluding carboxylic acids is 2. The molecule has 29 heavy (non-hydrogen) atoms. The SMILES string of the molecule is Cc1c(C(=O)NC2CCNCC2)c(C)n(C)c1/C=C1\C(=O)Nc2ccc(F)cc21. The van der Waals surface area contributed by atoms with E-state index in [4.69, 9.17) is 0 Å². The van der Waals surface area contributed by atoms with Gasteiger partial charge in [-0.05, 0) is 69.6 Å². The van der Waals surface area contributed by atoms with Crippen LogP contribution < -0.4 is 16.0 Å². The Kier molecular flexibility index (Phi) is 5.00. The summed E-state index contributed by atoms with van der Waals surface area (Å²) in [5.74, 6) is -0.757. The third-order valence-corrected chi connectivity index (χ3v) is 5.93. The number of fused-ring (bicyclic) bond motifs is 1. The summed E-state index contributed by atoms with van der Waals surface area (Å²) < 4.78 is 15.6. The van der Waals surface area contributed by atoms with Crippen molar-refractivity contribution in [1.29, 1.82) is 0 Å². The van der Waals surface area contributed by atoms with Crippen molar-refractivity contribution in [2.45, 2.75) is 32.7 Å². The Morgan fingerprint density at radius 2 is 2.00 bits per heavy atom. The van der Waals surface area contributed by atoms with Crippen molar-refractivity contribution >= 4 is 29.2 Å². The first-order chi connectivity index (χ1) is 13.9. The van der Waals surface area contributed by atoms with Gasteiger partial charge < -0.3 is 20.5 Å². The summed E-state index contributed by atoms with van der Waals surface area (Å²) >= 11 is 0. The number of carbonyl (C=O) groups is 2. The maximum Gasteiger partial charge on any atom is 0.256 e. The van der Waals surface area contributed by atoms with Crippen LogP contribution in [-0.4, -0.2) is 35.5 Å². The average Bonchev–Trinajstić information content (AvgIpc) is 3.11. The highest BCUT2D eigenvalue weighted by molar-refractivity contribution is 6.35. The second-order valence-electron chi connectivity index (χ2n) is 7.73. The van der Waals surface area contributed by atoms with Crippen molar-refractivity contribution in [2.24, 2.45) is 7.05 Å². The van der Waals surface area contributed by atoms with Crippen LogP contribution >= 0.6 is 0 Å². The zero-order valence-electron chi connectivity index (χ0n) is 16.9. The van der Waals surface area contributed by atoms with E-state index in [-0.39, 0.29) is 17.9 Å². The van der Waals surface area contributed by atoms with Gasteiger partial charge in [0, 0.05) is 35.7 Å². The first kappa shape index (κ1) is 19.4. The van der Waals surface area contributed by atoms with Gasteiger partial charge in [0.05, 0.1) is 11.1 Å². The minimum atomic E-state index is -0.395. The molecule has 6 nitrogen and oxygen atoms in total. The molecule has 1 saturated heterocycles. The van der Waals surface area contributed by atoms with Crippen molar-refractivity contribution in [3.05, 3.63) is 52.1 Å². The fourth-order valence-corrected chi connectivity index (χ4v) is 4.20. The number of benzene rings is 1. The highest BCUT2D eigenvalue weighted by Gasteiger charge is 2.27. The Hall–Kier alpha value is -2.93.